The van der Waals surface area contributed by atoms with E-state index in [1.807, 2.05) is 0 Å². The van der Waals surface area contributed by atoms with Crippen molar-refractivity contribution in [1.29, 1.82) is 0 Å². The van der Waals surface area contributed by atoms with Crippen molar-refractivity contribution in [3.8, 4) is 0 Å². The lowest BCUT2D eigenvalue weighted by atomic mass is 9.85. The van der Waals surface area contributed by atoms with E-state index in [0.29, 0.717) is 24.2 Å². The maximum Gasteiger partial charge on any atom is 0.165 e. The van der Waals surface area contributed by atoms with Crippen molar-refractivity contribution >= 4 is 11.4 Å². The molecule has 6 nitrogen and oxygen atoms in total. The second-order valence-corrected chi connectivity index (χ2v) is 15.2. The Balaban J connectivity index is 1.33. The second-order valence-electron chi connectivity index (χ2n) is 15.2. The summed E-state index contributed by atoms with van der Waals surface area (Å²) in [6, 6.07) is 10.3. The highest BCUT2D eigenvalue weighted by molar-refractivity contribution is 5.60. The average molecular weight is 538 g/mol. The second kappa shape index (κ2) is 10.1. The van der Waals surface area contributed by atoms with E-state index in [9.17, 15) is 0 Å². The van der Waals surface area contributed by atoms with Gasteiger partial charge in [0.25, 0.3) is 0 Å². The van der Waals surface area contributed by atoms with Gasteiger partial charge in [0, 0.05) is 23.8 Å². The molecule has 0 aromatic heterocycles. The number of anilines is 1. The van der Waals surface area contributed by atoms with Crippen LogP contribution in [0.5, 0.6) is 0 Å². The highest BCUT2D eigenvalue weighted by Gasteiger charge is 2.55. The van der Waals surface area contributed by atoms with E-state index in [1.54, 1.807) is 0 Å². The molecule has 4 heterocycles. The van der Waals surface area contributed by atoms with E-state index in [4.69, 9.17) is 9.47 Å². The highest BCUT2D eigenvalue weighted by Crippen LogP contribution is 2.46. The molecular weight excluding hydrogens is 484 g/mol. The van der Waals surface area contributed by atoms with Crippen LogP contribution >= 0.6 is 0 Å². The Kier molecular flexibility index (Phi) is 7.20. The number of nitrogens with zero attached hydrogens (tertiary/aromatic N) is 4. The number of rotatable bonds is 4. The van der Waals surface area contributed by atoms with E-state index in [-0.39, 0.29) is 23.3 Å². The molecule has 4 aliphatic heterocycles. The van der Waals surface area contributed by atoms with Crippen LogP contribution in [0.1, 0.15) is 80.1 Å². The van der Waals surface area contributed by atoms with Crippen LogP contribution in [-0.2, 0) is 9.47 Å². The molecule has 4 saturated heterocycles. The van der Waals surface area contributed by atoms with Crippen molar-refractivity contribution in [2.45, 2.75) is 111 Å². The lowest BCUT2D eigenvalue weighted by molar-refractivity contribution is 0.0284. The minimum absolute atomic E-state index is 0.160. The molecule has 1 saturated carbocycles. The highest BCUT2D eigenvalue weighted by atomic mass is 16.5. The minimum Gasteiger partial charge on any atom is -0.360 e. The van der Waals surface area contributed by atoms with Crippen LogP contribution in [0.25, 0.3) is 0 Å². The van der Waals surface area contributed by atoms with Gasteiger partial charge >= 0.3 is 0 Å². The number of fused-ring (bicyclic) bond motifs is 2. The SMILES string of the molecule is C=C[N+]1(c2cccc(N3CC4OC[C@H](C(C)(C)C)N4C3C3CCCCCC3)c2)CC2OC[C@H](C(C)(C)C)N2C1. The number of hydrogen-bond donors (Lipinski definition) is 0. The Morgan fingerprint density at radius 1 is 0.897 bits per heavy atom. The third-order valence-electron chi connectivity index (χ3n) is 10.6. The quantitative estimate of drug-likeness (QED) is 0.329. The van der Waals surface area contributed by atoms with Gasteiger partial charge in [0.1, 0.15) is 25.1 Å². The maximum atomic E-state index is 6.53. The first-order valence-electron chi connectivity index (χ1n) is 15.7. The summed E-state index contributed by atoms with van der Waals surface area (Å²) in [5.74, 6) is 0.688. The van der Waals surface area contributed by atoms with Gasteiger partial charge in [-0.1, -0.05) is 73.3 Å². The number of benzene rings is 1. The van der Waals surface area contributed by atoms with Crippen molar-refractivity contribution in [2.75, 3.05) is 37.9 Å². The summed E-state index contributed by atoms with van der Waals surface area (Å²) in [4.78, 5) is 8.10. The van der Waals surface area contributed by atoms with Crippen LogP contribution in [0.3, 0.4) is 0 Å². The molecule has 216 valence electrons. The molecule has 5 fully saturated rings. The van der Waals surface area contributed by atoms with Crippen molar-refractivity contribution in [3.63, 3.8) is 0 Å². The van der Waals surface area contributed by atoms with Gasteiger partial charge in [-0.2, -0.15) is 0 Å². The molecule has 6 heteroatoms. The lowest BCUT2D eigenvalue weighted by Crippen LogP contribution is -2.52. The molecule has 6 atom stereocenters. The molecule has 6 rings (SSSR count). The van der Waals surface area contributed by atoms with E-state index >= 15 is 0 Å². The van der Waals surface area contributed by atoms with E-state index in [0.717, 1.165) is 37.5 Å². The molecule has 0 radical (unpaired) electrons. The molecule has 39 heavy (non-hydrogen) atoms. The molecule has 0 amide bonds. The molecule has 0 N–H and O–H groups in total. The van der Waals surface area contributed by atoms with Crippen molar-refractivity contribution < 1.29 is 9.47 Å². The van der Waals surface area contributed by atoms with Crippen molar-refractivity contribution in [1.82, 2.24) is 14.3 Å². The van der Waals surface area contributed by atoms with Crippen LogP contribution in [0, 0.1) is 16.7 Å². The smallest absolute Gasteiger partial charge is 0.165 e. The maximum absolute atomic E-state index is 6.53. The molecule has 4 unspecified atom stereocenters. The monoisotopic (exact) mass is 537 g/mol. The normalized spacial score (nSPS) is 36.8. The van der Waals surface area contributed by atoms with Gasteiger partial charge in [-0.05, 0) is 48.3 Å². The molecule has 0 spiro atoms. The van der Waals surface area contributed by atoms with E-state index in [2.05, 4.69) is 93.3 Å². The van der Waals surface area contributed by atoms with Gasteiger partial charge in [-0.15, -0.1) is 0 Å². The fourth-order valence-electron chi connectivity index (χ4n) is 8.27. The Hall–Kier alpha value is -1.44. The number of ether oxygens (including phenoxy) is 2. The zero-order valence-corrected chi connectivity index (χ0v) is 25.4. The molecule has 1 aromatic rings. The summed E-state index contributed by atoms with van der Waals surface area (Å²) >= 11 is 0. The summed E-state index contributed by atoms with van der Waals surface area (Å²) in [6.45, 7) is 23.0. The van der Waals surface area contributed by atoms with Crippen LogP contribution in [0.2, 0.25) is 0 Å². The fraction of sp³-hybridized carbons (Fsp3) is 0.758. The van der Waals surface area contributed by atoms with Crippen LogP contribution in [-0.4, -0.2) is 73.5 Å². The van der Waals surface area contributed by atoms with Gasteiger partial charge < -0.3 is 14.4 Å². The molecule has 1 aromatic carbocycles. The first kappa shape index (κ1) is 27.7. The minimum atomic E-state index is 0.160. The third kappa shape index (κ3) is 4.88. The summed E-state index contributed by atoms with van der Waals surface area (Å²) in [5.41, 5.74) is 3.05. The molecular formula is C33H53N4O2+. The standard InChI is InChI=1S/C33H53N4O2/c1-8-37(20-30-35(23-37)27(21-39-30)32(2,3)4)26-17-13-16-25(18-26)34-19-29-36(28(22-38-29)33(5,6)7)31(34)24-14-11-9-10-12-15-24/h8,13,16-18,24,27-31H,1,9-12,14-15,19-23H2,2-7H3/q+1/t27-,28-,29?,30?,31?,37?/m1/s1. The van der Waals surface area contributed by atoms with Crippen LogP contribution in [0.4, 0.5) is 11.4 Å². The lowest BCUT2D eigenvalue weighted by Gasteiger charge is -2.42. The van der Waals surface area contributed by atoms with E-state index < -0.39 is 0 Å². The average Bonchev–Trinajstić information content (AvgIpc) is 3.59. The Morgan fingerprint density at radius 2 is 1.56 bits per heavy atom. The predicted octanol–water partition coefficient (Wildman–Crippen LogP) is 6.37. The third-order valence-corrected chi connectivity index (χ3v) is 10.6. The summed E-state index contributed by atoms with van der Waals surface area (Å²) in [6.07, 6.45) is 11.1. The van der Waals surface area contributed by atoms with Gasteiger partial charge in [0.15, 0.2) is 6.23 Å². The molecule has 0 bridgehead atoms. The predicted molar refractivity (Wildman–Crippen MR) is 160 cm³/mol. The van der Waals surface area contributed by atoms with Gasteiger partial charge in [0.05, 0.1) is 32.1 Å². The number of quaternary nitrogens is 1. The molecule has 1 aliphatic carbocycles. The Morgan fingerprint density at radius 3 is 2.23 bits per heavy atom. The summed E-state index contributed by atoms with van der Waals surface area (Å²) < 4.78 is 13.6. The van der Waals surface area contributed by atoms with Crippen LogP contribution < -0.4 is 9.38 Å². The number of hydrogen-bond acceptors (Lipinski definition) is 5. The van der Waals surface area contributed by atoms with Crippen molar-refractivity contribution in [3.05, 3.63) is 37.0 Å². The fourth-order valence-corrected chi connectivity index (χ4v) is 8.27. The summed E-state index contributed by atoms with van der Waals surface area (Å²) in [7, 11) is 0. The largest absolute Gasteiger partial charge is 0.360 e. The van der Waals surface area contributed by atoms with Gasteiger partial charge in [0.2, 0.25) is 0 Å². The topological polar surface area (TPSA) is 28.2 Å². The Bertz CT molecular complexity index is 1040. The zero-order valence-electron chi connectivity index (χ0n) is 25.4. The summed E-state index contributed by atoms with van der Waals surface area (Å²) in [5, 5.41) is 0. The van der Waals surface area contributed by atoms with Gasteiger partial charge in [-0.25, -0.2) is 9.38 Å². The Labute approximate surface area is 237 Å². The zero-order chi connectivity index (χ0) is 27.6. The van der Waals surface area contributed by atoms with E-state index in [1.165, 1.54) is 49.9 Å². The molecule has 5 aliphatic rings. The first-order valence-corrected chi connectivity index (χ1v) is 15.7. The van der Waals surface area contributed by atoms with Gasteiger partial charge in [-0.3, -0.25) is 4.90 Å². The van der Waals surface area contributed by atoms with Crippen molar-refractivity contribution in [2.24, 2.45) is 16.7 Å². The first-order chi connectivity index (χ1) is 18.5. The van der Waals surface area contributed by atoms with Crippen LogP contribution in [0.15, 0.2) is 37.0 Å².